The highest BCUT2D eigenvalue weighted by Crippen LogP contribution is 2.39. The molecule has 0 bridgehead atoms. The summed E-state index contributed by atoms with van der Waals surface area (Å²) in [5, 5.41) is 0. The molecule has 1 aromatic carbocycles. The van der Waals surface area contributed by atoms with Gasteiger partial charge < -0.3 is 15.4 Å². The summed E-state index contributed by atoms with van der Waals surface area (Å²) < 4.78 is 19.2. The first kappa shape index (κ1) is 10.8. The maximum atomic E-state index is 13.6. The Morgan fingerprint density at radius 2 is 2.29 bits per heavy atom. The Bertz CT molecular complexity index is 449. The van der Waals surface area contributed by atoms with Crippen LogP contribution in [0.1, 0.15) is 18.9 Å². The van der Waals surface area contributed by atoms with Gasteiger partial charge in [-0.25, -0.2) is 4.39 Å². The van der Waals surface area contributed by atoms with Gasteiger partial charge in [-0.05, 0) is 25.5 Å². The molecular formula is C13H17FN2O. The highest BCUT2D eigenvalue weighted by atomic mass is 19.1. The number of hydrogen-bond acceptors (Lipinski definition) is 3. The third-order valence-electron chi connectivity index (χ3n) is 3.56. The molecule has 4 heteroatoms. The average Bonchev–Trinajstić information content (AvgIpc) is 2.85. The van der Waals surface area contributed by atoms with Crippen LogP contribution in [0.2, 0.25) is 0 Å². The van der Waals surface area contributed by atoms with Gasteiger partial charge in [0.05, 0.1) is 0 Å². The standard InChI is InChI=1S/C13H17FN2O/c1-8-6-10-12(16-5-4-9(15)7-16)3-2-11(14)13(10)17-8/h2-3,8-9H,4-7,15H2,1H3/t8?,9-/m0/s1. The first-order valence-corrected chi connectivity index (χ1v) is 6.13. The van der Waals surface area contributed by atoms with Crippen LogP contribution in [0.25, 0.3) is 0 Å². The highest BCUT2D eigenvalue weighted by molar-refractivity contribution is 5.62. The molecule has 0 saturated carbocycles. The summed E-state index contributed by atoms with van der Waals surface area (Å²) in [5.74, 6) is 0.187. The van der Waals surface area contributed by atoms with Gasteiger partial charge in [0.25, 0.3) is 0 Å². The van der Waals surface area contributed by atoms with Gasteiger partial charge in [0.15, 0.2) is 11.6 Å². The van der Waals surface area contributed by atoms with Crippen LogP contribution in [-0.2, 0) is 6.42 Å². The minimum Gasteiger partial charge on any atom is -0.487 e. The zero-order valence-electron chi connectivity index (χ0n) is 9.95. The third-order valence-corrected chi connectivity index (χ3v) is 3.56. The monoisotopic (exact) mass is 236 g/mol. The van der Waals surface area contributed by atoms with Gasteiger partial charge in [-0.1, -0.05) is 0 Å². The van der Waals surface area contributed by atoms with Crippen molar-refractivity contribution in [2.24, 2.45) is 5.73 Å². The fraction of sp³-hybridized carbons (Fsp3) is 0.538. The van der Waals surface area contributed by atoms with Crippen LogP contribution in [0.3, 0.4) is 0 Å². The molecule has 0 aliphatic carbocycles. The lowest BCUT2D eigenvalue weighted by Gasteiger charge is -2.20. The molecule has 2 atom stereocenters. The summed E-state index contributed by atoms with van der Waals surface area (Å²) >= 11 is 0. The van der Waals surface area contributed by atoms with E-state index in [0.717, 1.165) is 37.2 Å². The second-order valence-electron chi connectivity index (χ2n) is 5.00. The topological polar surface area (TPSA) is 38.5 Å². The van der Waals surface area contributed by atoms with Crippen molar-refractivity contribution < 1.29 is 9.13 Å². The van der Waals surface area contributed by atoms with Crippen LogP contribution in [0, 0.1) is 5.82 Å². The fourth-order valence-electron chi connectivity index (χ4n) is 2.75. The molecule has 3 nitrogen and oxygen atoms in total. The van der Waals surface area contributed by atoms with E-state index in [-0.39, 0.29) is 18.0 Å². The molecule has 92 valence electrons. The van der Waals surface area contributed by atoms with Gasteiger partial charge in [0, 0.05) is 36.8 Å². The quantitative estimate of drug-likeness (QED) is 0.806. The molecule has 1 saturated heterocycles. The third kappa shape index (κ3) is 1.76. The van der Waals surface area contributed by atoms with E-state index in [1.165, 1.54) is 6.07 Å². The molecule has 1 fully saturated rings. The van der Waals surface area contributed by atoms with Crippen molar-refractivity contribution in [3.8, 4) is 5.75 Å². The van der Waals surface area contributed by atoms with E-state index in [0.29, 0.717) is 5.75 Å². The highest BCUT2D eigenvalue weighted by Gasteiger charge is 2.29. The van der Waals surface area contributed by atoms with Crippen molar-refractivity contribution >= 4 is 5.69 Å². The molecule has 2 heterocycles. The molecule has 1 aromatic rings. The summed E-state index contributed by atoms with van der Waals surface area (Å²) in [6, 6.07) is 3.58. The molecule has 0 spiro atoms. The molecule has 2 N–H and O–H groups in total. The number of halogens is 1. The van der Waals surface area contributed by atoms with E-state index in [4.69, 9.17) is 10.5 Å². The van der Waals surface area contributed by atoms with Crippen LogP contribution in [-0.4, -0.2) is 25.2 Å². The molecule has 0 amide bonds. The van der Waals surface area contributed by atoms with Crippen LogP contribution in [0.5, 0.6) is 5.75 Å². The average molecular weight is 236 g/mol. The molecule has 0 aromatic heterocycles. The van der Waals surface area contributed by atoms with Crippen molar-refractivity contribution in [1.82, 2.24) is 0 Å². The number of rotatable bonds is 1. The van der Waals surface area contributed by atoms with Gasteiger partial charge in [-0.3, -0.25) is 0 Å². The van der Waals surface area contributed by atoms with Gasteiger partial charge in [0.1, 0.15) is 6.10 Å². The number of nitrogens with zero attached hydrogens (tertiary/aromatic N) is 1. The molecule has 1 unspecified atom stereocenters. The summed E-state index contributed by atoms with van der Waals surface area (Å²) in [6.07, 6.45) is 1.86. The Kier molecular flexibility index (Phi) is 2.47. The van der Waals surface area contributed by atoms with E-state index < -0.39 is 0 Å². The van der Waals surface area contributed by atoms with Crippen LogP contribution < -0.4 is 15.4 Å². The molecule has 2 aliphatic heterocycles. The second-order valence-corrected chi connectivity index (χ2v) is 5.00. The van der Waals surface area contributed by atoms with Crippen LogP contribution >= 0.6 is 0 Å². The van der Waals surface area contributed by atoms with Crippen LogP contribution in [0.15, 0.2) is 12.1 Å². The maximum absolute atomic E-state index is 13.6. The Morgan fingerprint density at radius 1 is 1.47 bits per heavy atom. The smallest absolute Gasteiger partial charge is 0.165 e. The molecule has 0 radical (unpaired) electrons. The Morgan fingerprint density at radius 3 is 3.00 bits per heavy atom. The number of fused-ring (bicyclic) bond motifs is 1. The molecular weight excluding hydrogens is 219 g/mol. The van der Waals surface area contributed by atoms with Gasteiger partial charge >= 0.3 is 0 Å². The zero-order chi connectivity index (χ0) is 12.0. The predicted molar refractivity (Wildman–Crippen MR) is 65.0 cm³/mol. The van der Waals surface area contributed by atoms with E-state index in [9.17, 15) is 4.39 Å². The lowest BCUT2D eigenvalue weighted by Crippen LogP contribution is -2.26. The van der Waals surface area contributed by atoms with Crippen LogP contribution in [0.4, 0.5) is 10.1 Å². The number of benzene rings is 1. The lowest BCUT2D eigenvalue weighted by molar-refractivity contribution is 0.245. The summed E-state index contributed by atoms with van der Waals surface area (Å²) in [7, 11) is 0. The van der Waals surface area contributed by atoms with Gasteiger partial charge in [0.2, 0.25) is 0 Å². The predicted octanol–water partition coefficient (Wildman–Crippen LogP) is 1.69. The van der Waals surface area contributed by atoms with Gasteiger partial charge in [-0.15, -0.1) is 0 Å². The van der Waals surface area contributed by atoms with Crippen molar-refractivity contribution in [1.29, 1.82) is 0 Å². The Hall–Kier alpha value is -1.29. The minimum absolute atomic E-state index is 0.0666. The van der Waals surface area contributed by atoms with Crippen molar-refractivity contribution in [2.45, 2.75) is 31.9 Å². The fourth-order valence-corrected chi connectivity index (χ4v) is 2.75. The summed E-state index contributed by atoms with van der Waals surface area (Å²) in [5.41, 5.74) is 8.02. The van der Waals surface area contributed by atoms with E-state index in [2.05, 4.69) is 4.90 Å². The summed E-state index contributed by atoms with van der Waals surface area (Å²) in [4.78, 5) is 2.24. The van der Waals surface area contributed by atoms with Crippen molar-refractivity contribution in [2.75, 3.05) is 18.0 Å². The normalized spacial score (nSPS) is 27.1. The maximum Gasteiger partial charge on any atom is 0.165 e. The first-order chi connectivity index (χ1) is 8.15. The van der Waals surface area contributed by atoms with E-state index >= 15 is 0 Å². The van der Waals surface area contributed by atoms with Gasteiger partial charge in [-0.2, -0.15) is 0 Å². The Balaban J connectivity index is 1.99. The molecule has 17 heavy (non-hydrogen) atoms. The number of nitrogens with two attached hydrogens (primary N) is 1. The SMILES string of the molecule is CC1Cc2c(N3CC[C@H](N)C3)ccc(F)c2O1. The van der Waals surface area contributed by atoms with Crippen molar-refractivity contribution in [3.05, 3.63) is 23.5 Å². The minimum atomic E-state index is -0.253. The number of hydrogen-bond donors (Lipinski definition) is 1. The van der Waals surface area contributed by atoms with Crippen molar-refractivity contribution in [3.63, 3.8) is 0 Å². The number of ether oxygens (including phenoxy) is 1. The second kappa shape index (κ2) is 3.88. The summed E-state index contributed by atoms with van der Waals surface area (Å²) in [6.45, 7) is 3.78. The molecule has 2 aliphatic rings. The molecule has 3 rings (SSSR count). The number of anilines is 1. The van der Waals surface area contributed by atoms with E-state index in [1.54, 1.807) is 0 Å². The Labute approximate surface area is 100 Å². The lowest BCUT2D eigenvalue weighted by atomic mass is 10.1. The van der Waals surface area contributed by atoms with E-state index in [1.807, 2.05) is 13.0 Å². The largest absolute Gasteiger partial charge is 0.487 e. The zero-order valence-corrected chi connectivity index (χ0v) is 9.95. The first-order valence-electron chi connectivity index (χ1n) is 6.13.